The number of hydrogen-bond acceptors (Lipinski definition) is 5. The molecule has 0 saturated carbocycles. The first-order valence-electron chi connectivity index (χ1n) is 5.94. The normalized spacial score (nSPS) is 13.7. The topological polar surface area (TPSA) is 75.9 Å². The fraction of sp³-hybridized carbons (Fsp3) is 0.545. The zero-order valence-electron chi connectivity index (χ0n) is 10.9. The zero-order valence-corrected chi connectivity index (χ0v) is 10.9. The van der Waals surface area contributed by atoms with Crippen molar-refractivity contribution < 1.29 is 18.3 Å². The molecular weight excluding hydrogens is 275 g/mol. The van der Waals surface area contributed by atoms with Crippen molar-refractivity contribution >= 4 is 16.9 Å². The number of aliphatic hydroxyl groups excluding tert-OH is 1. The fourth-order valence-electron chi connectivity index (χ4n) is 1.76. The second-order valence-corrected chi connectivity index (χ2v) is 4.40. The van der Waals surface area contributed by atoms with E-state index in [0.717, 1.165) is 0 Å². The first-order valence-corrected chi connectivity index (χ1v) is 5.94. The highest BCUT2D eigenvalue weighted by molar-refractivity contribution is 5.86. The first-order chi connectivity index (χ1) is 9.29. The van der Waals surface area contributed by atoms with Gasteiger partial charge in [-0.25, -0.2) is 9.97 Å². The molecule has 0 fully saturated rings. The molecular formula is C11H14F3N5O. The van der Waals surface area contributed by atoms with Gasteiger partial charge in [0.1, 0.15) is 11.6 Å². The lowest BCUT2D eigenvalue weighted by Gasteiger charge is -2.15. The molecule has 1 unspecified atom stereocenters. The van der Waals surface area contributed by atoms with E-state index in [-0.39, 0.29) is 6.54 Å². The van der Waals surface area contributed by atoms with Gasteiger partial charge in [-0.3, -0.25) is 4.68 Å². The number of aryl methyl sites for hydroxylation is 2. The summed E-state index contributed by atoms with van der Waals surface area (Å²) in [4.78, 5) is 8.33. The first kappa shape index (κ1) is 14.5. The molecule has 2 N–H and O–H groups in total. The number of aromatic nitrogens is 4. The number of nitrogens with one attached hydrogen (secondary N) is 1. The predicted molar refractivity (Wildman–Crippen MR) is 66.2 cm³/mol. The molecule has 2 heterocycles. The molecule has 20 heavy (non-hydrogen) atoms. The van der Waals surface area contributed by atoms with Gasteiger partial charge in [0, 0.05) is 13.6 Å². The van der Waals surface area contributed by atoms with Crippen LogP contribution >= 0.6 is 0 Å². The van der Waals surface area contributed by atoms with Crippen LogP contribution in [-0.4, -0.2) is 43.7 Å². The number of nitrogens with zero attached hydrogens (tertiary/aromatic N) is 4. The van der Waals surface area contributed by atoms with Crippen LogP contribution in [0, 0.1) is 6.92 Å². The van der Waals surface area contributed by atoms with Gasteiger partial charge in [-0.2, -0.15) is 18.3 Å². The van der Waals surface area contributed by atoms with Crippen molar-refractivity contribution in [3.05, 3.63) is 12.0 Å². The van der Waals surface area contributed by atoms with Gasteiger partial charge in [-0.1, -0.05) is 0 Å². The van der Waals surface area contributed by atoms with Crippen LogP contribution < -0.4 is 5.32 Å². The van der Waals surface area contributed by atoms with E-state index in [1.54, 1.807) is 18.7 Å². The van der Waals surface area contributed by atoms with Crippen LogP contribution in [0.4, 0.5) is 19.0 Å². The average Bonchev–Trinajstić information content (AvgIpc) is 2.70. The maximum absolute atomic E-state index is 12.2. The van der Waals surface area contributed by atoms with Crippen LogP contribution in [0.25, 0.3) is 11.0 Å². The number of fused-ring (bicyclic) bond motifs is 1. The Hall–Kier alpha value is -1.90. The SMILES string of the molecule is Cc1nc(NCCC(O)C(F)(F)F)c2cnn(C)c2n1. The van der Waals surface area contributed by atoms with Crippen LogP contribution in [0.3, 0.4) is 0 Å². The molecule has 9 heteroatoms. The summed E-state index contributed by atoms with van der Waals surface area (Å²) in [6.07, 6.45) is -5.86. The van der Waals surface area contributed by atoms with Crippen molar-refractivity contribution in [2.24, 2.45) is 7.05 Å². The van der Waals surface area contributed by atoms with E-state index in [0.29, 0.717) is 22.7 Å². The van der Waals surface area contributed by atoms with Crippen molar-refractivity contribution in [3.63, 3.8) is 0 Å². The number of rotatable bonds is 4. The van der Waals surface area contributed by atoms with Gasteiger partial charge >= 0.3 is 6.18 Å². The van der Waals surface area contributed by atoms with E-state index in [9.17, 15) is 13.2 Å². The Kier molecular flexibility index (Phi) is 3.80. The molecule has 0 aliphatic carbocycles. The lowest BCUT2D eigenvalue weighted by atomic mass is 10.2. The summed E-state index contributed by atoms with van der Waals surface area (Å²) < 4.78 is 38.1. The Morgan fingerprint density at radius 3 is 2.75 bits per heavy atom. The largest absolute Gasteiger partial charge is 0.414 e. The quantitative estimate of drug-likeness (QED) is 0.889. The Morgan fingerprint density at radius 1 is 1.40 bits per heavy atom. The molecule has 110 valence electrons. The second-order valence-electron chi connectivity index (χ2n) is 4.40. The third kappa shape index (κ3) is 2.98. The van der Waals surface area contributed by atoms with Gasteiger partial charge in [0.05, 0.1) is 11.6 Å². The number of alkyl halides is 3. The van der Waals surface area contributed by atoms with Gasteiger partial charge in [-0.05, 0) is 13.3 Å². The summed E-state index contributed by atoms with van der Waals surface area (Å²) in [5.74, 6) is 0.898. The lowest BCUT2D eigenvalue weighted by molar-refractivity contribution is -0.204. The van der Waals surface area contributed by atoms with Gasteiger partial charge < -0.3 is 10.4 Å². The van der Waals surface area contributed by atoms with E-state index in [4.69, 9.17) is 5.11 Å². The summed E-state index contributed by atoms with van der Waals surface area (Å²) in [6, 6.07) is 0. The summed E-state index contributed by atoms with van der Waals surface area (Å²) in [5, 5.41) is 16.4. The molecule has 6 nitrogen and oxygen atoms in total. The Labute approximate surface area is 112 Å². The van der Waals surface area contributed by atoms with E-state index < -0.39 is 18.7 Å². The number of hydrogen-bond donors (Lipinski definition) is 2. The molecule has 0 spiro atoms. The van der Waals surface area contributed by atoms with Gasteiger partial charge in [0.2, 0.25) is 0 Å². The van der Waals surface area contributed by atoms with E-state index in [1.807, 2.05) is 0 Å². The molecule has 0 aliphatic rings. The summed E-state index contributed by atoms with van der Waals surface area (Å²) in [5.41, 5.74) is 0.594. The number of aliphatic hydroxyl groups is 1. The summed E-state index contributed by atoms with van der Waals surface area (Å²) in [7, 11) is 1.71. The highest BCUT2D eigenvalue weighted by Gasteiger charge is 2.37. The highest BCUT2D eigenvalue weighted by Crippen LogP contribution is 2.23. The smallest absolute Gasteiger partial charge is 0.384 e. The zero-order chi connectivity index (χ0) is 14.9. The number of anilines is 1. The van der Waals surface area contributed by atoms with Crippen LogP contribution in [0.15, 0.2) is 6.20 Å². The Balaban J connectivity index is 2.10. The van der Waals surface area contributed by atoms with Crippen molar-refractivity contribution in [1.29, 1.82) is 0 Å². The predicted octanol–water partition coefficient (Wildman–Crippen LogP) is 1.40. The fourth-order valence-corrected chi connectivity index (χ4v) is 1.76. The van der Waals surface area contributed by atoms with E-state index >= 15 is 0 Å². The Bertz CT molecular complexity index is 610. The molecule has 0 radical (unpaired) electrons. The van der Waals surface area contributed by atoms with Crippen LogP contribution in [0.2, 0.25) is 0 Å². The molecule has 0 saturated heterocycles. The maximum Gasteiger partial charge on any atom is 0.414 e. The molecule has 1 atom stereocenters. The summed E-state index contributed by atoms with van der Waals surface area (Å²) >= 11 is 0. The molecule has 2 rings (SSSR count). The molecule has 0 amide bonds. The van der Waals surface area contributed by atoms with Crippen molar-refractivity contribution in [2.45, 2.75) is 25.6 Å². The van der Waals surface area contributed by atoms with E-state index in [1.165, 1.54) is 6.20 Å². The Morgan fingerprint density at radius 2 is 2.10 bits per heavy atom. The second kappa shape index (κ2) is 5.23. The van der Waals surface area contributed by atoms with Gasteiger partial charge in [-0.15, -0.1) is 0 Å². The molecule has 2 aromatic heterocycles. The third-order valence-corrected chi connectivity index (χ3v) is 2.79. The molecule has 0 bridgehead atoms. The number of halogens is 3. The minimum Gasteiger partial charge on any atom is -0.384 e. The average molecular weight is 289 g/mol. The van der Waals surface area contributed by atoms with Gasteiger partial charge in [0.15, 0.2) is 11.8 Å². The van der Waals surface area contributed by atoms with Crippen LogP contribution in [-0.2, 0) is 7.05 Å². The minimum absolute atomic E-state index is 0.0544. The van der Waals surface area contributed by atoms with Gasteiger partial charge in [0.25, 0.3) is 0 Å². The standard InChI is InChI=1S/C11H14F3N5O/c1-6-17-9(7-5-16-19(2)10(7)18-6)15-4-3-8(20)11(12,13)14/h5,8,20H,3-4H2,1-2H3,(H,15,17,18). The van der Waals surface area contributed by atoms with Crippen molar-refractivity contribution in [2.75, 3.05) is 11.9 Å². The van der Waals surface area contributed by atoms with Crippen LogP contribution in [0.5, 0.6) is 0 Å². The molecule has 0 aromatic carbocycles. The third-order valence-electron chi connectivity index (χ3n) is 2.79. The molecule has 0 aliphatic heterocycles. The van der Waals surface area contributed by atoms with Crippen molar-refractivity contribution in [1.82, 2.24) is 19.7 Å². The maximum atomic E-state index is 12.2. The van der Waals surface area contributed by atoms with E-state index in [2.05, 4.69) is 20.4 Å². The van der Waals surface area contributed by atoms with Crippen LogP contribution in [0.1, 0.15) is 12.2 Å². The van der Waals surface area contributed by atoms with Crippen molar-refractivity contribution in [3.8, 4) is 0 Å². The molecule has 2 aromatic rings. The summed E-state index contributed by atoms with van der Waals surface area (Å²) in [6.45, 7) is 1.63. The highest BCUT2D eigenvalue weighted by atomic mass is 19.4. The lowest BCUT2D eigenvalue weighted by Crippen LogP contribution is -2.30. The monoisotopic (exact) mass is 289 g/mol. The minimum atomic E-state index is -4.60.